The second-order valence-corrected chi connectivity index (χ2v) is 4.35. The molecule has 4 heteroatoms. The number of carbonyl (C=O) groups is 1. The average molecular weight is 214 g/mol. The van der Waals surface area contributed by atoms with Crippen LogP contribution >= 0.6 is 0 Å². The fraction of sp³-hybridized carbons (Fsp3) is 0.909. The molecule has 15 heavy (non-hydrogen) atoms. The number of morpholine rings is 1. The lowest BCUT2D eigenvalue weighted by Gasteiger charge is -2.31. The van der Waals surface area contributed by atoms with Gasteiger partial charge in [0.15, 0.2) is 0 Å². The molecule has 1 unspecified atom stereocenters. The molecule has 0 aliphatic carbocycles. The molecule has 1 N–H and O–H groups in total. The van der Waals surface area contributed by atoms with E-state index in [4.69, 9.17) is 4.74 Å². The number of ether oxygens (including phenoxy) is 1. The maximum atomic E-state index is 12.2. The first-order chi connectivity index (χ1) is 7.16. The van der Waals surface area contributed by atoms with Crippen LogP contribution in [0.4, 0.5) is 0 Å². The Bertz CT molecular complexity index is 201. The van der Waals surface area contributed by atoms with Crippen molar-refractivity contribution in [1.29, 1.82) is 0 Å². The van der Waals surface area contributed by atoms with E-state index in [2.05, 4.69) is 19.2 Å². The summed E-state index contributed by atoms with van der Waals surface area (Å²) in [5.74, 6) is 0.739. The van der Waals surface area contributed by atoms with Crippen molar-refractivity contribution in [2.75, 3.05) is 39.9 Å². The predicted octanol–water partition coefficient (Wildman–Crippen LogP) is 0.337. The molecule has 1 saturated heterocycles. The molecule has 0 bridgehead atoms. The number of nitrogens with one attached hydrogen (secondary N) is 1. The highest BCUT2D eigenvalue weighted by Gasteiger charge is 2.27. The van der Waals surface area contributed by atoms with E-state index in [1.165, 1.54) is 0 Å². The number of nitrogens with zero attached hydrogens (tertiary/aromatic N) is 1. The Hall–Kier alpha value is -0.610. The molecule has 0 aromatic carbocycles. The smallest absolute Gasteiger partial charge is 0.227 e. The van der Waals surface area contributed by atoms with Gasteiger partial charge in [-0.3, -0.25) is 4.79 Å². The first kappa shape index (κ1) is 12.5. The van der Waals surface area contributed by atoms with Crippen molar-refractivity contribution in [2.24, 2.45) is 11.8 Å². The van der Waals surface area contributed by atoms with Crippen molar-refractivity contribution in [2.45, 2.75) is 13.8 Å². The third-order valence-electron chi connectivity index (χ3n) is 2.87. The first-order valence-electron chi connectivity index (χ1n) is 5.68. The van der Waals surface area contributed by atoms with Gasteiger partial charge in [0.05, 0.1) is 19.1 Å². The fourth-order valence-corrected chi connectivity index (χ4v) is 1.85. The minimum Gasteiger partial charge on any atom is -0.378 e. The second kappa shape index (κ2) is 6.08. The van der Waals surface area contributed by atoms with Crippen molar-refractivity contribution in [3.63, 3.8) is 0 Å². The molecule has 0 radical (unpaired) electrons. The van der Waals surface area contributed by atoms with Crippen LogP contribution in [0.25, 0.3) is 0 Å². The summed E-state index contributed by atoms with van der Waals surface area (Å²) in [7, 11) is 1.89. The molecule has 1 rings (SSSR count). The number of rotatable bonds is 4. The predicted molar refractivity (Wildman–Crippen MR) is 59.7 cm³/mol. The van der Waals surface area contributed by atoms with E-state index in [0.717, 1.165) is 19.6 Å². The van der Waals surface area contributed by atoms with Crippen LogP contribution in [0.15, 0.2) is 0 Å². The quantitative estimate of drug-likeness (QED) is 0.733. The number of hydrogen-bond acceptors (Lipinski definition) is 3. The monoisotopic (exact) mass is 214 g/mol. The van der Waals surface area contributed by atoms with E-state index >= 15 is 0 Å². The van der Waals surface area contributed by atoms with Crippen LogP contribution in [0, 0.1) is 11.8 Å². The van der Waals surface area contributed by atoms with Crippen molar-refractivity contribution in [1.82, 2.24) is 10.2 Å². The van der Waals surface area contributed by atoms with Gasteiger partial charge in [-0.05, 0) is 13.0 Å². The van der Waals surface area contributed by atoms with E-state index in [0.29, 0.717) is 19.1 Å². The summed E-state index contributed by atoms with van der Waals surface area (Å²) in [6, 6.07) is 0. The molecule has 1 aliphatic heterocycles. The van der Waals surface area contributed by atoms with Crippen LogP contribution in [0.5, 0.6) is 0 Å². The fourth-order valence-electron chi connectivity index (χ4n) is 1.85. The van der Waals surface area contributed by atoms with Gasteiger partial charge >= 0.3 is 0 Å². The summed E-state index contributed by atoms with van der Waals surface area (Å²) in [6.45, 7) is 7.79. The van der Waals surface area contributed by atoms with Crippen molar-refractivity contribution < 1.29 is 9.53 Å². The zero-order valence-corrected chi connectivity index (χ0v) is 9.95. The van der Waals surface area contributed by atoms with Crippen molar-refractivity contribution in [3.8, 4) is 0 Å². The molecule has 1 atom stereocenters. The Morgan fingerprint density at radius 3 is 2.47 bits per heavy atom. The van der Waals surface area contributed by atoms with Gasteiger partial charge in [0.1, 0.15) is 0 Å². The number of carbonyl (C=O) groups excluding carboxylic acids is 1. The van der Waals surface area contributed by atoms with Crippen LogP contribution in [0.2, 0.25) is 0 Å². The van der Waals surface area contributed by atoms with E-state index < -0.39 is 0 Å². The highest BCUT2D eigenvalue weighted by Crippen LogP contribution is 2.14. The number of amides is 1. The van der Waals surface area contributed by atoms with E-state index in [1.54, 1.807) is 0 Å². The van der Waals surface area contributed by atoms with Gasteiger partial charge in [-0.25, -0.2) is 0 Å². The molecule has 1 aliphatic rings. The van der Waals surface area contributed by atoms with Gasteiger partial charge in [0.25, 0.3) is 0 Å². The molecule has 0 spiro atoms. The molecule has 4 nitrogen and oxygen atoms in total. The second-order valence-electron chi connectivity index (χ2n) is 4.35. The summed E-state index contributed by atoms with van der Waals surface area (Å²) in [5.41, 5.74) is 0. The van der Waals surface area contributed by atoms with Gasteiger partial charge in [0.2, 0.25) is 5.91 Å². The highest BCUT2D eigenvalue weighted by atomic mass is 16.5. The first-order valence-corrected chi connectivity index (χ1v) is 5.68. The Kier molecular flexibility index (Phi) is 5.05. The molecular formula is C11H22N2O2. The SMILES string of the molecule is CNCC(C(=O)N1CCOCC1)C(C)C. The molecule has 0 saturated carbocycles. The summed E-state index contributed by atoms with van der Waals surface area (Å²) >= 11 is 0. The molecular weight excluding hydrogens is 192 g/mol. The Balaban J connectivity index is 2.53. The largest absolute Gasteiger partial charge is 0.378 e. The molecule has 1 amide bonds. The topological polar surface area (TPSA) is 41.6 Å². The van der Waals surface area contributed by atoms with Crippen LogP contribution in [-0.4, -0.2) is 50.7 Å². The van der Waals surface area contributed by atoms with Gasteiger partial charge in [-0.1, -0.05) is 13.8 Å². The Morgan fingerprint density at radius 2 is 2.00 bits per heavy atom. The lowest BCUT2D eigenvalue weighted by Crippen LogP contribution is -2.47. The molecule has 88 valence electrons. The van der Waals surface area contributed by atoms with Gasteiger partial charge in [-0.2, -0.15) is 0 Å². The van der Waals surface area contributed by atoms with Gasteiger partial charge in [-0.15, -0.1) is 0 Å². The van der Waals surface area contributed by atoms with Crippen molar-refractivity contribution in [3.05, 3.63) is 0 Å². The third-order valence-corrected chi connectivity index (χ3v) is 2.87. The van der Waals surface area contributed by atoms with Crippen LogP contribution in [-0.2, 0) is 9.53 Å². The zero-order chi connectivity index (χ0) is 11.3. The van der Waals surface area contributed by atoms with Crippen LogP contribution < -0.4 is 5.32 Å². The standard InChI is InChI=1S/C11H22N2O2/c1-9(2)10(8-12-3)11(14)13-4-6-15-7-5-13/h9-10,12H,4-8H2,1-3H3. The Morgan fingerprint density at radius 1 is 1.40 bits per heavy atom. The van der Waals surface area contributed by atoms with Gasteiger partial charge in [0, 0.05) is 19.6 Å². The zero-order valence-electron chi connectivity index (χ0n) is 9.95. The molecule has 0 aromatic rings. The summed E-state index contributed by atoms with van der Waals surface area (Å²) < 4.78 is 5.24. The highest BCUT2D eigenvalue weighted by molar-refractivity contribution is 5.79. The Labute approximate surface area is 92.0 Å². The van der Waals surface area contributed by atoms with E-state index in [-0.39, 0.29) is 11.8 Å². The summed E-state index contributed by atoms with van der Waals surface area (Å²) in [6.07, 6.45) is 0. The minimum absolute atomic E-state index is 0.0908. The minimum atomic E-state index is 0.0908. The average Bonchev–Trinajstić information content (AvgIpc) is 2.26. The maximum Gasteiger partial charge on any atom is 0.227 e. The van der Waals surface area contributed by atoms with Crippen LogP contribution in [0.3, 0.4) is 0 Å². The summed E-state index contributed by atoms with van der Waals surface area (Å²) in [5, 5.41) is 3.09. The van der Waals surface area contributed by atoms with Crippen LogP contribution in [0.1, 0.15) is 13.8 Å². The van der Waals surface area contributed by atoms with E-state index in [9.17, 15) is 4.79 Å². The lowest BCUT2D eigenvalue weighted by molar-refractivity contribution is -0.140. The normalized spacial score (nSPS) is 19.3. The molecule has 0 aromatic heterocycles. The number of hydrogen-bond donors (Lipinski definition) is 1. The molecule has 1 heterocycles. The summed E-state index contributed by atoms with van der Waals surface area (Å²) in [4.78, 5) is 14.1. The third kappa shape index (κ3) is 3.47. The van der Waals surface area contributed by atoms with Gasteiger partial charge < -0.3 is 15.0 Å². The van der Waals surface area contributed by atoms with E-state index in [1.807, 2.05) is 11.9 Å². The van der Waals surface area contributed by atoms with Crippen molar-refractivity contribution >= 4 is 5.91 Å². The lowest BCUT2D eigenvalue weighted by atomic mass is 9.94. The maximum absolute atomic E-state index is 12.2. The molecule has 1 fully saturated rings.